The number of carbonyl (C=O) groups is 1. The van der Waals surface area contributed by atoms with Crippen LogP contribution in [0.1, 0.15) is 138 Å². The van der Waals surface area contributed by atoms with Crippen molar-refractivity contribution in [1.29, 1.82) is 0 Å². The summed E-state index contributed by atoms with van der Waals surface area (Å²) in [7, 11) is 0. The number of rotatable bonds is 18. The van der Waals surface area contributed by atoms with Crippen LogP contribution in [-0.2, 0) is 4.79 Å². The van der Waals surface area contributed by atoms with Crippen molar-refractivity contribution in [1.82, 2.24) is 20.9 Å². The molecule has 0 spiro atoms. The van der Waals surface area contributed by atoms with Crippen molar-refractivity contribution in [3.63, 3.8) is 0 Å². The van der Waals surface area contributed by atoms with Gasteiger partial charge in [0.2, 0.25) is 5.91 Å². The third-order valence-corrected chi connectivity index (χ3v) is 13.4. The van der Waals surface area contributed by atoms with E-state index in [1.165, 1.54) is 77.0 Å². The Kier molecular flexibility index (Phi) is 13.9. The number of nitrogens with two attached hydrogens (primary N) is 1. The summed E-state index contributed by atoms with van der Waals surface area (Å²) < 4.78 is 0. The van der Waals surface area contributed by atoms with Crippen LogP contribution >= 0.6 is 0 Å². The fraction of sp³-hybridized carbons (Fsp3) is 0.974. The molecule has 44 heavy (non-hydrogen) atoms. The summed E-state index contributed by atoms with van der Waals surface area (Å²) in [5, 5.41) is 11.1. The van der Waals surface area contributed by atoms with E-state index in [-0.39, 0.29) is 0 Å². The van der Waals surface area contributed by atoms with Crippen molar-refractivity contribution in [2.75, 3.05) is 39.3 Å². The van der Waals surface area contributed by atoms with Crippen molar-refractivity contribution >= 4 is 5.91 Å². The van der Waals surface area contributed by atoms with Gasteiger partial charge in [0.25, 0.3) is 0 Å². The van der Waals surface area contributed by atoms with Gasteiger partial charge in [-0.15, -0.1) is 0 Å². The Bertz CT molecular complexity index is 856. The van der Waals surface area contributed by atoms with Gasteiger partial charge in [0.15, 0.2) is 0 Å². The van der Waals surface area contributed by atoms with Gasteiger partial charge in [-0.05, 0) is 197 Å². The molecule has 6 heteroatoms. The van der Waals surface area contributed by atoms with Crippen LogP contribution in [0.25, 0.3) is 0 Å². The van der Waals surface area contributed by atoms with Gasteiger partial charge < -0.3 is 26.6 Å². The molecular weight excluding hydrogens is 542 g/mol. The van der Waals surface area contributed by atoms with E-state index >= 15 is 0 Å². The predicted molar refractivity (Wildman–Crippen MR) is 187 cm³/mol. The standard InChI is InChI=1S/C38H73N5O/c1-28(2)43(29(3)4)36(44)12-7-11-30-14-16-34-33-15-13-31-27-32(17-19-38(31,6)35(33)18-20-37(30,34)5)42-26-10-25-41-24-9-23-40-22-8-21-39/h28-35,40-42H,7-27,39H2,1-6H3. The largest absolute Gasteiger partial charge is 0.338 e. The predicted octanol–water partition coefficient (Wildman–Crippen LogP) is 6.73. The van der Waals surface area contributed by atoms with Crippen LogP contribution in [0.15, 0.2) is 0 Å². The number of fused-ring (bicyclic) bond motifs is 5. The molecule has 256 valence electrons. The lowest BCUT2D eigenvalue weighted by atomic mass is 9.44. The van der Waals surface area contributed by atoms with Gasteiger partial charge in [-0.2, -0.15) is 0 Å². The van der Waals surface area contributed by atoms with E-state index in [9.17, 15) is 4.79 Å². The van der Waals surface area contributed by atoms with Gasteiger partial charge in [-0.1, -0.05) is 13.8 Å². The van der Waals surface area contributed by atoms with E-state index in [1.54, 1.807) is 0 Å². The number of nitrogens with zero attached hydrogens (tertiary/aromatic N) is 1. The normalized spacial score (nSPS) is 35.0. The van der Waals surface area contributed by atoms with E-state index in [0.717, 1.165) is 94.2 Å². The van der Waals surface area contributed by atoms with E-state index in [1.807, 2.05) is 0 Å². The molecule has 0 aromatic heterocycles. The molecular formula is C38H73N5O. The number of nitrogens with one attached hydrogen (secondary N) is 3. The Hall–Kier alpha value is -0.690. The van der Waals surface area contributed by atoms with Gasteiger partial charge >= 0.3 is 0 Å². The Morgan fingerprint density at radius 2 is 1.41 bits per heavy atom. The Balaban J connectivity index is 1.18. The van der Waals surface area contributed by atoms with Gasteiger partial charge in [-0.3, -0.25) is 4.79 Å². The average molecular weight is 616 g/mol. The molecule has 4 saturated carbocycles. The monoisotopic (exact) mass is 616 g/mol. The zero-order valence-corrected chi connectivity index (χ0v) is 29.9. The first-order chi connectivity index (χ1) is 21.1. The molecule has 0 aromatic carbocycles. The topological polar surface area (TPSA) is 82.4 Å². The first-order valence-electron chi connectivity index (χ1n) is 19.3. The maximum Gasteiger partial charge on any atom is 0.223 e. The highest BCUT2D eigenvalue weighted by molar-refractivity contribution is 5.76. The maximum absolute atomic E-state index is 13.0. The number of hydrogen-bond donors (Lipinski definition) is 4. The fourth-order valence-corrected chi connectivity index (χ4v) is 11.2. The third kappa shape index (κ3) is 8.61. The summed E-state index contributed by atoms with van der Waals surface area (Å²) in [6.45, 7) is 20.3. The number of carbonyl (C=O) groups excluding carboxylic acids is 1. The maximum atomic E-state index is 13.0. The first-order valence-corrected chi connectivity index (χ1v) is 19.3. The second-order valence-electron chi connectivity index (χ2n) is 16.6. The summed E-state index contributed by atoms with van der Waals surface area (Å²) in [5.41, 5.74) is 6.62. The highest BCUT2D eigenvalue weighted by Crippen LogP contribution is 2.67. The van der Waals surface area contributed by atoms with E-state index in [2.05, 4.69) is 62.4 Å². The summed E-state index contributed by atoms with van der Waals surface area (Å²) in [5.74, 6) is 4.92. The highest BCUT2D eigenvalue weighted by Gasteiger charge is 2.59. The summed E-state index contributed by atoms with van der Waals surface area (Å²) in [6, 6.07) is 1.32. The molecule has 0 saturated heterocycles. The molecule has 4 aliphatic carbocycles. The Morgan fingerprint density at radius 3 is 2.09 bits per heavy atom. The van der Waals surface area contributed by atoms with E-state index in [0.29, 0.717) is 28.8 Å². The van der Waals surface area contributed by atoms with Crippen LogP contribution in [-0.4, -0.2) is 68.2 Å². The molecule has 4 fully saturated rings. The SMILES string of the molecule is CC(C)N(C(=O)CCCC1CCC2C3CCC4CC(NCCCNCCCNCCCN)CCC4(C)C3CCC12C)C(C)C. The van der Waals surface area contributed by atoms with Gasteiger partial charge in [0, 0.05) is 24.5 Å². The number of amides is 1. The molecule has 0 radical (unpaired) electrons. The summed E-state index contributed by atoms with van der Waals surface area (Å²) >= 11 is 0. The van der Waals surface area contributed by atoms with E-state index in [4.69, 9.17) is 5.73 Å². The first kappa shape index (κ1) is 36.2. The Morgan fingerprint density at radius 1 is 0.773 bits per heavy atom. The smallest absolute Gasteiger partial charge is 0.223 e. The van der Waals surface area contributed by atoms with Crippen molar-refractivity contribution in [3.05, 3.63) is 0 Å². The molecule has 0 aromatic rings. The zero-order chi connectivity index (χ0) is 31.7. The van der Waals surface area contributed by atoms with Crippen LogP contribution in [0, 0.1) is 40.4 Å². The summed E-state index contributed by atoms with van der Waals surface area (Å²) in [6.07, 6.45) is 19.5. The minimum absolute atomic E-state index is 0.297. The van der Waals surface area contributed by atoms with Crippen molar-refractivity contribution in [3.8, 4) is 0 Å². The van der Waals surface area contributed by atoms with Crippen LogP contribution in [0.3, 0.4) is 0 Å². The minimum atomic E-state index is 0.297. The molecule has 0 heterocycles. The highest BCUT2D eigenvalue weighted by atomic mass is 16.2. The van der Waals surface area contributed by atoms with Crippen LogP contribution in [0.5, 0.6) is 0 Å². The molecule has 5 N–H and O–H groups in total. The minimum Gasteiger partial charge on any atom is -0.338 e. The van der Waals surface area contributed by atoms with Crippen molar-refractivity contribution < 1.29 is 4.79 Å². The van der Waals surface area contributed by atoms with Crippen LogP contribution in [0.2, 0.25) is 0 Å². The zero-order valence-electron chi connectivity index (χ0n) is 29.9. The molecule has 6 nitrogen and oxygen atoms in total. The molecule has 8 unspecified atom stereocenters. The molecule has 4 aliphatic rings. The van der Waals surface area contributed by atoms with Crippen molar-refractivity contribution in [2.24, 2.45) is 46.2 Å². The lowest BCUT2D eigenvalue weighted by Crippen LogP contribution is -2.55. The number of hydrogen-bond acceptors (Lipinski definition) is 5. The summed E-state index contributed by atoms with van der Waals surface area (Å²) in [4.78, 5) is 15.1. The molecule has 1 amide bonds. The van der Waals surface area contributed by atoms with Gasteiger partial charge in [0.1, 0.15) is 0 Å². The van der Waals surface area contributed by atoms with Crippen molar-refractivity contribution in [2.45, 2.75) is 156 Å². The average Bonchev–Trinajstić information content (AvgIpc) is 3.31. The lowest BCUT2D eigenvalue weighted by Gasteiger charge is -2.61. The van der Waals surface area contributed by atoms with Gasteiger partial charge in [-0.25, -0.2) is 0 Å². The second kappa shape index (κ2) is 16.9. The van der Waals surface area contributed by atoms with Gasteiger partial charge in [0.05, 0.1) is 0 Å². The fourth-order valence-electron chi connectivity index (χ4n) is 11.2. The molecule has 0 aliphatic heterocycles. The van der Waals surface area contributed by atoms with Crippen LogP contribution in [0.4, 0.5) is 0 Å². The molecule has 8 atom stereocenters. The van der Waals surface area contributed by atoms with Crippen LogP contribution < -0.4 is 21.7 Å². The lowest BCUT2D eigenvalue weighted by molar-refractivity contribution is -0.135. The molecule has 4 rings (SSSR count). The third-order valence-electron chi connectivity index (χ3n) is 13.4. The quantitative estimate of drug-likeness (QED) is 0.129. The van der Waals surface area contributed by atoms with E-state index < -0.39 is 0 Å². The Labute approximate surface area is 272 Å². The second-order valence-corrected chi connectivity index (χ2v) is 16.6. The molecule has 0 bridgehead atoms.